The zero-order chi connectivity index (χ0) is 15.1. The molecule has 0 radical (unpaired) electrons. The first-order chi connectivity index (χ1) is 10.7. The molecule has 2 aliphatic heterocycles. The lowest BCUT2D eigenvalue weighted by atomic mass is 9.98. The normalized spacial score (nSPS) is 24.8. The van der Waals surface area contributed by atoms with Gasteiger partial charge in [-0.05, 0) is 37.1 Å². The number of thiophene rings is 1. The first-order valence-electron chi connectivity index (χ1n) is 7.72. The van der Waals surface area contributed by atoms with Crippen LogP contribution >= 0.6 is 47.5 Å². The van der Waals surface area contributed by atoms with Gasteiger partial charge in [-0.1, -0.05) is 0 Å². The van der Waals surface area contributed by atoms with Crippen LogP contribution in [0.3, 0.4) is 0 Å². The van der Waals surface area contributed by atoms with Crippen molar-refractivity contribution in [3.05, 3.63) is 27.9 Å². The Labute approximate surface area is 162 Å². The van der Waals surface area contributed by atoms with Gasteiger partial charge in [0.15, 0.2) is 0 Å². The maximum atomic E-state index is 12.7. The molecule has 2 unspecified atom stereocenters. The number of rotatable bonds is 3. The van der Waals surface area contributed by atoms with Gasteiger partial charge in [0.25, 0.3) is 5.91 Å². The quantitative estimate of drug-likeness (QED) is 0.836. The fourth-order valence-corrected chi connectivity index (χ4v) is 5.19. The number of thiazole rings is 1. The highest BCUT2D eigenvalue weighted by Crippen LogP contribution is 2.31. The average Bonchev–Trinajstić information content (AvgIpc) is 3.25. The lowest BCUT2D eigenvalue weighted by molar-refractivity contribution is 0.0686. The molecule has 2 aliphatic rings. The Balaban J connectivity index is 0.00000104. The number of piperidine rings is 1. The number of fused-ring (bicyclic) bond motifs is 2. The molecule has 0 aliphatic carbocycles. The Hall–Kier alpha value is -0.660. The molecule has 8 heteroatoms. The second kappa shape index (κ2) is 8.15. The molecule has 0 saturated carbocycles. The van der Waals surface area contributed by atoms with Gasteiger partial charge in [-0.2, -0.15) is 11.3 Å². The van der Waals surface area contributed by atoms with Crippen molar-refractivity contribution >= 4 is 53.4 Å². The van der Waals surface area contributed by atoms with Gasteiger partial charge >= 0.3 is 0 Å². The van der Waals surface area contributed by atoms with Crippen LogP contribution in [0.25, 0.3) is 10.6 Å². The van der Waals surface area contributed by atoms with E-state index in [0.717, 1.165) is 28.3 Å². The molecular formula is C16H21Cl2N3OS2. The van der Waals surface area contributed by atoms with E-state index in [9.17, 15) is 4.79 Å². The molecule has 4 nitrogen and oxygen atoms in total. The van der Waals surface area contributed by atoms with Crippen LogP contribution in [0, 0.1) is 0 Å². The van der Waals surface area contributed by atoms with Crippen LogP contribution in [0.5, 0.6) is 0 Å². The molecule has 1 amide bonds. The molecular weight excluding hydrogens is 385 g/mol. The summed E-state index contributed by atoms with van der Waals surface area (Å²) in [5, 5.41) is 8.67. The van der Waals surface area contributed by atoms with E-state index in [1.807, 2.05) is 23.4 Å². The van der Waals surface area contributed by atoms with Crippen molar-refractivity contribution in [2.75, 3.05) is 7.05 Å². The van der Waals surface area contributed by atoms with Crippen molar-refractivity contribution in [2.45, 2.75) is 43.8 Å². The molecule has 2 bridgehead atoms. The number of hydrogen-bond acceptors (Lipinski definition) is 5. The summed E-state index contributed by atoms with van der Waals surface area (Å²) in [7, 11) is 1.95. The molecule has 2 saturated heterocycles. The minimum atomic E-state index is 0. The molecule has 132 valence electrons. The number of nitrogens with zero attached hydrogens (tertiary/aromatic N) is 2. The summed E-state index contributed by atoms with van der Waals surface area (Å²) >= 11 is 3.15. The van der Waals surface area contributed by atoms with Gasteiger partial charge in [0.2, 0.25) is 0 Å². The zero-order valence-electron chi connectivity index (χ0n) is 13.3. The van der Waals surface area contributed by atoms with Crippen molar-refractivity contribution in [1.82, 2.24) is 15.2 Å². The molecule has 0 spiro atoms. The summed E-state index contributed by atoms with van der Waals surface area (Å²) in [6.07, 6.45) is 6.40. The van der Waals surface area contributed by atoms with Crippen molar-refractivity contribution < 1.29 is 4.79 Å². The summed E-state index contributed by atoms with van der Waals surface area (Å²) in [4.78, 5) is 19.8. The molecule has 1 N–H and O–H groups in total. The van der Waals surface area contributed by atoms with Gasteiger partial charge in [-0.15, -0.1) is 36.2 Å². The van der Waals surface area contributed by atoms with Crippen LogP contribution in [0.1, 0.15) is 35.4 Å². The Bertz CT molecular complexity index is 665. The van der Waals surface area contributed by atoms with Crippen molar-refractivity contribution in [2.24, 2.45) is 0 Å². The number of nitrogens with one attached hydrogen (secondary N) is 1. The van der Waals surface area contributed by atoms with Gasteiger partial charge in [0.1, 0.15) is 9.88 Å². The molecule has 2 atom stereocenters. The van der Waals surface area contributed by atoms with Gasteiger partial charge < -0.3 is 10.2 Å². The third-order valence-electron chi connectivity index (χ3n) is 4.80. The number of aromatic nitrogens is 1. The van der Waals surface area contributed by atoms with Gasteiger partial charge in [0.05, 0.1) is 6.20 Å². The summed E-state index contributed by atoms with van der Waals surface area (Å²) in [5.41, 5.74) is 1.11. The minimum Gasteiger partial charge on any atom is -0.338 e. The summed E-state index contributed by atoms with van der Waals surface area (Å²) < 4.78 is 0. The van der Waals surface area contributed by atoms with E-state index < -0.39 is 0 Å². The summed E-state index contributed by atoms with van der Waals surface area (Å²) in [6.45, 7) is 0. The molecule has 0 aromatic carbocycles. The van der Waals surface area contributed by atoms with E-state index in [-0.39, 0.29) is 30.7 Å². The van der Waals surface area contributed by atoms with Crippen LogP contribution in [-0.2, 0) is 0 Å². The first-order valence-corrected chi connectivity index (χ1v) is 9.48. The first kappa shape index (κ1) is 19.7. The van der Waals surface area contributed by atoms with Crippen LogP contribution in [0.2, 0.25) is 0 Å². The van der Waals surface area contributed by atoms with E-state index in [1.165, 1.54) is 24.2 Å². The smallest absolute Gasteiger partial charge is 0.265 e. The Morgan fingerprint density at radius 1 is 1.29 bits per heavy atom. The van der Waals surface area contributed by atoms with Crippen molar-refractivity contribution in [3.63, 3.8) is 0 Å². The second-order valence-electron chi connectivity index (χ2n) is 6.22. The Morgan fingerprint density at radius 3 is 2.62 bits per heavy atom. The van der Waals surface area contributed by atoms with Gasteiger partial charge in [-0.3, -0.25) is 4.79 Å². The van der Waals surface area contributed by atoms with Gasteiger partial charge in [0, 0.05) is 36.1 Å². The van der Waals surface area contributed by atoms with Crippen LogP contribution in [-0.4, -0.2) is 41.0 Å². The number of carbonyl (C=O) groups is 1. The number of carbonyl (C=O) groups excluding carboxylic acids is 1. The lowest BCUT2D eigenvalue weighted by Crippen LogP contribution is -2.48. The van der Waals surface area contributed by atoms with Crippen LogP contribution < -0.4 is 5.32 Å². The predicted octanol–water partition coefficient (Wildman–Crippen LogP) is 4.07. The van der Waals surface area contributed by atoms with Crippen LogP contribution in [0.4, 0.5) is 0 Å². The molecule has 2 aromatic heterocycles. The van der Waals surface area contributed by atoms with E-state index >= 15 is 0 Å². The fourth-order valence-electron chi connectivity index (χ4n) is 3.58. The minimum absolute atomic E-state index is 0. The van der Waals surface area contributed by atoms with E-state index in [0.29, 0.717) is 18.1 Å². The molecule has 2 aromatic rings. The summed E-state index contributed by atoms with van der Waals surface area (Å²) in [6, 6.07) is 3.60. The number of hydrogen-bond donors (Lipinski definition) is 1. The lowest BCUT2D eigenvalue weighted by Gasteiger charge is -2.35. The number of halogens is 2. The second-order valence-corrected chi connectivity index (χ2v) is 8.03. The average molecular weight is 406 g/mol. The maximum Gasteiger partial charge on any atom is 0.265 e. The third-order valence-corrected chi connectivity index (χ3v) is 6.52. The fraction of sp³-hybridized carbons (Fsp3) is 0.500. The van der Waals surface area contributed by atoms with Crippen molar-refractivity contribution in [1.29, 1.82) is 0 Å². The highest BCUT2D eigenvalue weighted by molar-refractivity contribution is 7.17. The Morgan fingerprint density at radius 2 is 2.00 bits per heavy atom. The molecule has 2 fully saturated rings. The molecule has 24 heavy (non-hydrogen) atoms. The van der Waals surface area contributed by atoms with Crippen LogP contribution in [0.15, 0.2) is 23.0 Å². The highest BCUT2D eigenvalue weighted by Gasteiger charge is 2.36. The Kier molecular flexibility index (Phi) is 6.67. The largest absolute Gasteiger partial charge is 0.338 e. The van der Waals surface area contributed by atoms with Gasteiger partial charge in [-0.25, -0.2) is 4.98 Å². The standard InChI is InChI=1S/C16H19N3OS2.2ClH/c1-19(13-6-11-2-3-12(7-13)18-11)16(20)14-8-17-15(22-14)10-4-5-21-9-10;;/h4-5,8-9,11-13,18H,2-3,6-7H2,1H3;2*1H. The monoisotopic (exact) mass is 405 g/mol. The van der Waals surface area contributed by atoms with E-state index in [2.05, 4.69) is 15.7 Å². The van der Waals surface area contributed by atoms with E-state index in [1.54, 1.807) is 17.5 Å². The van der Waals surface area contributed by atoms with E-state index in [4.69, 9.17) is 0 Å². The SMILES string of the molecule is CN(C(=O)c1cnc(-c2ccsc2)s1)C1CC2CCC(C1)N2.Cl.Cl. The summed E-state index contributed by atoms with van der Waals surface area (Å²) in [5.74, 6) is 0.116. The predicted molar refractivity (Wildman–Crippen MR) is 105 cm³/mol. The number of amides is 1. The molecule has 4 rings (SSSR count). The molecule has 4 heterocycles. The maximum absolute atomic E-state index is 12.7. The topological polar surface area (TPSA) is 45.2 Å². The van der Waals surface area contributed by atoms with Crippen molar-refractivity contribution in [3.8, 4) is 10.6 Å². The third kappa shape index (κ3) is 3.78. The zero-order valence-corrected chi connectivity index (χ0v) is 16.6. The highest BCUT2D eigenvalue weighted by atomic mass is 35.5.